The average Bonchev–Trinajstić information content (AvgIpc) is 4.02. The van der Waals surface area contributed by atoms with E-state index in [0.717, 1.165) is 30.4 Å². The van der Waals surface area contributed by atoms with E-state index in [9.17, 15) is 37.2 Å². The van der Waals surface area contributed by atoms with Crippen molar-refractivity contribution in [2.24, 2.45) is 17.6 Å². The first kappa shape index (κ1) is 82.5. The quantitative estimate of drug-likeness (QED) is 0.143. The van der Waals surface area contributed by atoms with E-state index < -0.39 is 9.84 Å². The van der Waals surface area contributed by atoms with Crippen LogP contribution in [0.4, 0.5) is 0 Å². The number of allylic oxidation sites excluding steroid dienone is 1. The molecule has 2 N–H and O–H groups in total. The topological polar surface area (TPSA) is 203 Å². The highest BCUT2D eigenvalue weighted by Crippen LogP contribution is 2.27. The second-order valence-electron chi connectivity index (χ2n) is 16.1. The fourth-order valence-electron chi connectivity index (χ4n) is 1.56. The first-order chi connectivity index (χ1) is 27.9. The lowest BCUT2D eigenvalue weighted by molar-refractivity contribution is -0.152. The van der Waals surface area contributed by atoms with E-state index in [-0.39, 0.29) is 52.7 Å². The highest BCUT2D eigenvalue weighted by Gasteiger charge is 2.31. The molecule has 2 rings (SSSR count). The van der Waals surface area contributed by atoms with Gasteiger partial charge in [-0.3, -0.25) is 19.2 Å². The maximum atomic E-state index is 10.4. The van der Waals surface area contributed by atoms with Gasteiger partial charge < -0.3 is 39.2 Å². The van der Waals surface area contributed by atoms with Gasteiger partial charge >= 0.3 is 17.9 Å². The second kappa shape index (κ2) is 59.9. The number of sulfone groups is 1. The van der Waals surface area contributed by atoms with E-state index in [1.54, 1.807) is 41.7 Å². The monoisotopic (exact) mass is 919 g/mol. The van der Waals surface area contributed by atoms with Gasteiger partial charge in [-0.2, -0.15) is 0 Å². The standard InChI is InChI=1S/C6H12O2.C5H10O2.C4H8O2S.C4H8O2.2C4H8O.C4H8.C4H10.C3H7NO.C3H9N.C3H6O.C3H8/c1-5(7)8-6(2,3)4;1-3-5(6)7-4-2;1-7(5,6)4-2-3-4;1-3-6-4(2)5;1-4(2)5-3;1-3-4(2)5;1-4-2-3-4;1-4(2)3;1-3(5)2-4;1-4(2)3;1-3(2)4;1-3-2/h1-4H3;3-4H2,1-2H3;4H,2-3H2,1H3;3H2,1-2H3;1H2,2-3H3;3H2,1-2H3;4H,2-3H2,1H3;4H,1-3H3;2,4H2,1H3;1-3H3;1-2H3;3H2,1-2H3. The summed E-state index contributed by atoms with van der Waals surface area (Å²) in [7, 11) is 4.97. The molecule has 378 valence electrons. The van der Waals surface area contributed by atoms with Crippen LogP contribution in [0.25, 0.3) is 0 Å². The van der Waals surface area contributed by atoms with Crippen LogP contribution < -0.4 is 5.73 Å². The van der Waals surface area contributed by atoms with Crippen molar-refractivity contribution in [1.29, 1.82) is 0 Å². The Balaban J connectivity index is -0.0000000600. The molecule has 15 heteroatoms. The third-order valence-corrected chi connectivity index (χ3v) is 6.20. The molecule has 0 amide bonds. The fourth-order valence-corrected chi connectivity index (χ4v) is 2.55. The molecule has 0 bridgehead atoms. The summed E-state index contributed by atoms with van der Waals surface area (Å²) in [5, 5.41) is 0.0208. The molecule has 0 radical (unpaired) electrons. The number of ether oxygens (including phenoxy) is 4. The van der Waals surface area contributed by atoms with Gasteiger partial charge in [0.1, 0.15) is 32.8 Å². The van der Waals surface area contributed by atoms with Gasteiger partial charge in [-0.25, -0.2) is 8.42 Å². The van der Waals surface area contributed by atoms with Gasteiger partial charge in [0, 0.05) is 32.9 Å². The summed E-state index contributed by atoms with van der Waals surface area (Å²) in [5.74, 6) is 2.57. The van der Waals surface area contributed by atoms with Gasteiger partial charge in [-0.05, 0) is 115 Å². The summed E-state index contributed by atoms with van der Waals surface area (Å²) in [6.07, 6.45) is 8.44. The van der Waals surface area contributed by atoms with Crippen LogP contribution in [0.1, 0.15) is 183 Å². The van der Waals surface area contributed by atoms with Crippen LogP contribution in [0.5, 0.6) is 0 Å². The van der Waals surface area contributed by atoms with Crippen molar-refractivity contribution >= 4 is 45.1 Å². The first-order valence-corrected chi connectivity index (χ1v) is 23.5. The fraction of sp³-hybridized carbons (Fsp3) is 0.830. The number of carbonyl (C=O) groups is 6. The summed E-state index contributed by atoms with van der Waals surface area (Å²) in [4.78, 5) is 61.2. The number of methoxy groups -OCH3 is 1. The second-order valence-corrected chi connectivity index (χ2v) is 18.4. The van der Waals surface area contributed by atoms with Crippen molar-refractivity contribution < 1.29 is 56.1 Å². The highest BCUT2D eigenvalue weighted by atomic mass is 32.2. The van der Waals surface area contributed by atoms with Gasteiger partial charge in [0.15, 0.2) is 0 Å². The van der Waals surface area contributed by atoms with Crippen LogP contribution in [0, 0.1) is 11.8 Å². The number of hydrogen-bond acceptors (Lipinski definition) is 14. The minimum Gasteiger partial charge on any atom is -0.502 e. The van der Waals surface area contributed by atoms with Crippen molar-refractivity contribution in [2.45, 2.75) is 194 Å². The van der Waals surface area contributed by atoms with Crippen LogP contribution >= 0.6 is 0 Å². The summed E-state index contributed by atoms with van der Waals surface area (Å²) >= 11 is 0. The molecule has 0 saturated heterocycles. The van der Waals surface area contributed by atoms with Gasteiger partial charge in [0.2, 0.25) is 0 Å². The zero-order valence-electron chi connectivity index (χ0n) is 44.8. The minimum absolute atomic E-state index is 0.0208. The van der Waals surface area contributed by atoms with Crippen LogP contribution in [-0.2, 0) is 57.6 Å². The Morgan fingerprint density at radius 3 is 0.984 bits per heavy atom. The van der Waals surface area contributed by atoms with Crippen LogP contribution in [0.2, 0.25) is 0 Å². The molecule has 2 saturated carbocycles. The zero-order chi connectivity index (χ0) is 52.3. The van der Waals surface area contributed by atoms with Crippen molar-refractivity contribution in [3.05, 3.63) is 12.3 Å². The number of carbonyl (C=O) groups excluding carboxylic acids is 6. The maximum absolute atomic E-state index is 10.4. The van der Waals surface area contributed by atoms with Gasteiger partial charge in [0.25, 0.3) is 0 Å². The predicted octanol–water partition coefficient (Wildman–Crippen LogP) is 10.0. The van der Waals surface area contributed by atoms with E-state index in [2.05, 4.69) is 62.3 Å². The van der Waals surface area contributed by atoms with Crippen LogP contribution in [0.15, 0.2) is 12.3 Å². The van der Waals surface area contributed by atoms with Crippen LogP contribution in [0.3, 0.4) is 0 Å². The number of hydrogen-bond donors (Lipinski definition) is 1. The lowest BCUT2D eigenvalue weighted by Crippen LogP contribution is -2.21. The zero-order valence-corrected chi connectivity index (χ0v) is 45.7. The van der Waals surface area contributed by atoms with E-state index >= 15 is 0 Å². The van der Waals surface area contributed by atoms with E-state index in [1.807, 2.05) is 53.7 Å². The number of ketones is 3. The molecule has 0 heterocycles. The minimum atomic E-state index is -2.63. The molecule has 0 aromatic carbocycles. The molecule has 0 aliphatic heterocycles. The molecule has 0 aromatic rings. The lowest BCUT2D eigenvalue weighted by atomic mass is 10.2. The van der Waals surface area contributed by atoms with E-state index in [4.69, 9.17) is 10.5 Å². The highest BCUT2D eigenvalue weighted by molar-refractivity contribution is 7.91. The van der Waals surface area contributed by atoms with Crippen molar-refractivity contribution in [3.63, 3.8) is 0 Å². The van der Waals surface area contributed by atoms with Gasteiger partial charge in [0.05, 0.1) is 37.9 Å². The summed E-state index contributed by atoms with van der Waals surface area (Å²) in [6.45, 7) is 41.1. The first-order valence-electron chi connectivity index (χ1n) is 21.6. The summed E-state index contributed by atoms with van der Waals surface area (Å²) in [5.41, 5.74) is 4.49. The molecule has 0 unspecified atom stereocenters. The molecular weight excluding hydrogens is 817 g/mol. The predicted molar refractivity (Wildman–Crippen MR) is 262 cm³/mol. The van der Waals surface area contributed by atoms with Gasteiger partial charge in [-0.1, -0.05) is 81.2 Å². The molecule has 0 spiro atoms. The molecule has 2 aliphatic rings. The third-order valence-electron chi connectivity index (χ3n) is 4.52. The van der Waals surface area contributed by atoms with Gasteiger partial charge in [-0.15, -0.1) is 0 Å². The lowest BCUT2D eigenvalue weighted by Gasteiger charge is -2.17. The Labute approximate surface area is 383 Å². The number of rotatable bonds is 7. The Kier molecular flexibility index (Phi) is 79.7. The Morgan fingerprint density at radius 1 is 0.710 bits per heavy atom. The maximum Gasteiger partial charge on any atom is 0.305 e. The molecule has 62 heavy (non-hydrogen) atoms. The molecule has 2 aliphatic carbocycles. The number of nitrogens with two attached hydrogens (primary N) is 1. The normalized spacial score (nSPS) is 11.0. The molecule has 0 atom stereocenters. The largest absolute Gasteiger partial charge is 0.502 e. The molecular formula is C47H102N2O12S. The summed E-state index contributed by atoms with van der Waals surface area (Å²) < 4.78 is 39.1. The Bertz CT molecular complexity index is 1090. The Morgan fingerprint density at radius 2 is 0.968 bits per heavy atom. The van der Waals surface area contributed by atoms with Crippen molar-refractivity contribution in [1.82, 2.24) is 4.90 Å². The number of nitrogens with zero attached hydrogens (tertiary/aromatic N) is 1. The summed E-state index contributed by atoms with van der Waals surface area (Å²) in [6, 6.07) is 0. The molecule has 0 aromatic heterocycles. The SMILES string of the molecule is C=C(C)OC.CC(=O)CN.CC(=O)OC(C)(C)C.CC(C)=O.CC(C)C.CC1CC1.CCC.CCC(C)=O.CCOC(=O)CC.CCOC(C)=O.CN(C)C.CS(=O)(=O)C1CC1. The third kappa shape index (κ3) is 229. The number of esters is 3. The Hall–Kier alpha value is -3.17. The molecule has 2 fully saturated rings. The molecule has 14 nitrogen and oxygen atoms in total. The smallest absolute Gasteiger partial charge is 0.305 e. The van der Waals surface area contributed by atoms with Crippen molar-refractivity contribution in [2.75, 3.05) is 54.3 Å². The average molecular weight is 919 g/mol. The van der Waals surface area contributed by atoms with E-state index in [1.165, 1.54) is 60.1 Å². The number of Topliss-reactive ketones (excluding diaryl/α,β-unsaturated/α-hetero) is 3. The van der Waals surface area contributed by atoms with E-state index in [0.29, 0.717) is 26.1 Å². The van der Waals surface area contributed by atoms with Crippen molar-refractivity contribution in [3.8, 4) is 0 Å². The van der Waals surface area contributed by atoms with Crippen LogP contribution in [-0.4, -0.2) is 114 Å².